The number of anilines is 1. The van der Waals surface area contributed by atoms with Crippen LogP contribution in [0.15, 0.2) is 30.3 Å². The number of nitrogens with zero attached hydrogens (tertiary/aromatic N) is 1. The minimum absolute atomic E-state index is 0.298. The van der Waals surface area contributed by atoms with Crippen LogP contribution >= 0.6 is 23.4 Å². The van der Waals surface area contributed by atoms with Crippen molar-refractivity contribution in [3.05, 3.63) is 63.4 Å². The summed E-state index contributed by atoms with van der Waals surface area (Å²) in [5.74, 6) is 0.173. The number of benzene rings is 2. The van der Waals surface area contributed by atoms with Gasteiger partial charge in [-0.3, -0.25) is 9.10 Å². The second-order valence-corrected chi connectivity index (χ2v) is 10.5. The third-order valence-electron chi connectivity index (χ3n) is 4.45. The van der Waals surface area contributed by atoms with E-state index in [2.05, 4.69) is 5.32 Å². The maximum atomic E-state index is 13.8. The molecule has 0 spiro atoms. The monoisotopic (exact) mass is 472 g/mol. The van der Waals surface area contributed by atoms with Gasteiger partial charge in [0.15, 0.2) is 0 Å². The lowest BCUT2D eigenvalue weighted by molar-refractivity contribution is -0.119. The van der Waals surface area contributed by atoms with Gasteiger partial charge >= 0.3 is 0 Å². The number of sulfonamides is 1. The van der Waals surface area contributed by atoms with E-state index in [4.69, 9.17) is 11.6 Å². The predicted molar refractivity (Wildman–Crippen MR) is 123 cm³/mol. The minimum atomic E-state index is -3.64. The summed E-state index contributed by atoms with van der Waals surface area (Å²) in [6.07, 6.45) is 1.09. The molecule has 0 atom stereocenters. The van der Waals surface area contributed by atoms with E-state index in [0.717, 1.165) is 27.3 Å². The second-order valence-electron chi connectivity index (χ2n) is 7.12. The van der Waals surface area contributed by atoms with E-state index >= 15 is 0 Å². The Morgan fingerprint density at radius 1 is 1.20 bits per heavy atom. The first-order valence-corrected chi connectivity index (χ1v) is 12.7. The number of hydrogen-bond acceptors (Lipinski definition) is 4. The van der Waals surface area contributed by atoms with Crippen molar-refractivity contribution in [1.82, 2.24) is 5.32 Å². The van der Waals surface area contributed by atoms with Gasteiger partial charge < -0.3 is 5.32 Å². The number of rotatable bonds is 9. The van der Waals surface area contributed by atoms with Crippen LogP contribution in [-0.4, -0.2) is 39.4 Å². The van der Waals surface area contributed by atoms with Gasteiger partial charge in [-0.25, -0.2) is 12.8 Å². The zero-order valence-corrected chi connectivity index (χ0v) is 19.8. The topological polar surface area (TPSA) is 66.5 Å². The Morgan fingerprint density at radius 3 is 2.40 bits per heavy atom. The van der Waals surface area contributed by atoms with Crippen LogP contribution in [0.5, 0.6) is 0 Å². The molecule has 0 aliphatic heterocycles. The molecule has 0 radical (unpaired) electrons. The zero-order valence-electron chi connectivity index (χ0n) is 17.5. The highest BCUT2D eigenvalue weighted by Gasteiger charge is 2.24. The summed E-state index contributed by atoms with van der Waals surface area (Å²) >= 11 is 7.43. The van der Waals surface area contributed by atoms with E-state index < -0.39 is 15.9 Å². The number of halogens is 2. The van der Waals surface area contributed by atoms with Crippen molar-refractivity contribution in [2.45, 2.75) is 26.5 Å². The van der Waals surface area contributed by atoms with Gasteiger partial charge in [-0.15, -0.1) is 0 Å². The van der Waals surface area contributed by atoms with Crippen LogP contribution < -0.4 is 9.62 Å². The summed E-state index contributed by atoms with van der Waals surface area (Å²) in [6, 6.07) is 8.33. The standard InChI is InChI=1S/C21H26ClFN2O3S2/c1-14-10-15(2)21(16(3)11-14)25(30(4,27)28)12-20(26)24-8-9-29-13-17-18(22)6-5-7-19(17)23/h5-7,10-11H,8-9,12-13H2,1-4H3,(H,24,26). The molecule has 0 fully saturated rings. The Bertz CT molecular complexity index is 986. The fourth-order valence-electron chi connectivity index (χ4n) is 3.22. The number of amides is 1. The van der Waals surface area contributed by atoms with Crippen molar-refractivity contribution in [1.29, 1.82) is 0 Å². The number of thioether (sulfide) groups is 1. The minimum Gasteiger partial charge on any atom is -0.354 e. The summed E-state index contributed by atoms with van der Waals surface area (Å²) in [5.41, 5.74) is 3.58. The number of aryl methyl sites for hydroxylation is 3. The number of hydrogen-bond donors (Lipinski definition) is 1. The maximum Gasteiger partial charge on any atom is 0.240 e. The maximum absolute atomic E-state index is 13.8. The lowest BCUT2D eigenvalue weighted by Crippen LogP contribution is -2.41. The molecule has 2 rings (SSSR count). The molecule has 2 aromatic carbocycles. The molecule has 0 saturated carbocycles. The van der Waals surface area contributed by atoms with E-state index in [-0.39, 0.29) is 12.4 Å². The molecule has 0 unspecified atom stereocenters. The first-order chi connectivity index (χ1) is 14.0. The van der Waals surface area contributed by atoms with E-state index in [1.807, 2.05) is 32.9 Å². The summed E-state index contributed by atoms with van der Waals surface area (Å²) in [5, 5.41) is 3.10. The molecule has 30 heavy (non-hydrogen) atoms. The molecular weight excluding hydrogens is 447 g/mol. The fraction of sp³-hybridized carbons (Fsp3) is 0.381. The number of nitrogens with one attached hydrogen (secondary N) is 1. The van der Waals surface area contributed by atoms with Gasteiger partial charge in [0, 0.05) is 28.6 Å². The molecule has 164 valence electrons. The van der Waals surface area contributed by atoms with Gasteiger partial charge in [0.25, 0.3) is 0 Å². The summed E-state index contributed by atoms with van der Waals surface area (Å²) in [7, 11) is -3.64. The van der Waals surface area contributed by atoms with Crippen LogP contribution in [0, 0.1) is 26.6 Å². The first-order valence-electron chi connectivity index (χ1n) is 9.33. The Balaban J connectivity index is 1.95. The molecule has 9 heteroatoms. The van der Waals surface area contributed by atoms with Gasteiger partial charge in [0.05, 0.1) is 11.9 Å². The highest BCUT2D eigenvalue weighted by molar-refractivity contribution is 7.98. The molecule has 1 N–H and O–H groups in total. The molecule has 0 bridgehead atoms. The lowest BCUT2D eigenvalue weighted by Gasteiger charge is -2.26. The Morgan fingerprint density at radius 2 is 1.83 bits per heavy atom. The van der Waals surface area contributed by atoms with Gasteiger partial charge in [-0.2, -0.15) is 11.8 Å². The molecule has 0 aliphatic carbocycles. The molecule has 0 heterocycles. The van der Waals surface area contributed by atoms with Crippen molar-refractivity contribution in [3.63, 3.8) is 0 Å². The van der Waals surface area contributed by atoms with Crippen LogP contribution in [0.4, 0.5) is 10.1 Å². The molecule has 1 amide bonds. The number of carbonyl (C=O) groups is 1. The molecule has 0 saturated heterocycles. The Labute approximate surface area is 187 Å². The predicted octanol–water partition coefficient (Wildman–Crippen LogP) is 4.22. The SMILES string of the molecule is Cc1cc(C)c(N(CC(=O)NCCSCc2c(F)cccc2Cl)S(C)(=O)=O)c(C)c1. The van der Waals surface area contributed by atoms with Gasteiger partial charge in [0.2, 0.25) is 15.9 Å². The van der Waals surface area contributed by atoms with E-state index in [0.29, 0.717) is 34.3 Å². The average Bonchev–Trinajstić information content (AvgIpc) is 2.61. The summed E-state index contributed by atoms with van der Waals surface area (Å²) < 4.78 is 39.6. The van der Waals surface area contributed by atoms with E-state index in [1.54, 1.807) is 12.1 Å². The largest absolute Gasteiger partial charge is 0.354 e. The van der Waals surface area contributed by atoms with Crippen molar-refractivity contribution in [3.8, 4) is 0 Å². The highest BCUT2D eigenvalue weighted by Crippen LogP contribution is 2.28. The average molecular weight is 473 g/mol. The fourth-order valence-corrected chi connectivity index (χ4v) is 5.39. The van der Waals surface area contributed by atoms with E-state index in [9.17, 15) is 17.6 Å². The second kappa shape index (κ2) is 10.5. The summed E-state index contributed by atoms with van der Waals surface area (Å²) in [6.45, 7) is 5.63. The molecule has 0 aromatic heterocycles. The molecule has 0 aliphatic rings. The van der Waals surface area contributed by atoms with Crippen LogP contribution in [0.25, 0.3) is 0 Å². The van der Waals surface area contributed by atoms with Crippen molar-refractivity contribution in [2.24, 2.45) is 0 Å². The van der Waals surface area contributed by atoms with Gasteiger partial charge in [-0.1, -0.05) is 35.4 Å². The van der Waals surface area contributed by atoms with Crippen molar-refractivity contribution < 1.29 is 17.6 Å². The number of carbonyl (C=O) groups excluding carboxylic acids is 1. The van der Waals surface area contributed by atoms with Gasteiger partial charge in [-0.05, 0) is 44.0 Å². The lowest BCUT2D eigenvalue weighted by atomic mass is 10.1. The van der Waals surface area contributed by atoms with Gasteiger partial charge in [0.1, 0.15) is 12.4 Å². The van der Waals surface area contributed by atoms with Crippen molar-refractivity contribution >= 4 is 45.0 Å². The third-order valence-corrected chi connectivity index (χ3v) is 6.90. The van der Waals surface area contributed by atoms with Crippen LogP contribution in [0.3, 0.4) is 0 Å². The normalized spacial score (nSPS) is 11.4. The van der Waals surface area contributed by atoms with Crippen LogP contribution in [0.1, 0.15) is 22.3 Å². The Hall–Kier alpha value is -1.77. The van der Waals surface area contributed by atoms with E-state index in [1.165, 1.54) is 17.8 Å². The molecule has 5 nitrogen and oxygen atoms in total. The van der Waals surface area contributed by atoms with Crippen LogP contribution in [-0.2, 0) is 20.6 Å². The molecule has 2 aromatic rings. The highest BCUT2D eigenvalue weighted by atomic mass is 35.5. The van der Waals surface area contributed by atoms with Crippen LogP contribution in [0.2, 0.25) is 5.02 Å². The summed E-state index contributed by atoms with van der Waals surface area (Å²) in [4.78, 5) is 12.4. The van der Waals surface area contributed by atoms with Crippen molar-refractivity contribution in [2.75, 3.05) is 29.4 Å². The quantitative estimate of drug-likeness (QED) is 0.555. The first kappa shape index (κ1) is 24.5. The Kier molecular flexibility index (Phi) is 8.58. The third kappa shape index (κ3) is 6.62. The zero-order chi connectivity index (χ0) is 22.5. The molecular formula is C21H26ClFN2O3S2. The smallest absolute Gasteiger partial charge is 0.240 e.